The molecule has 0 saturated carbocycles. The highest BCUT2D eigenvalue weighted by Crippen LogP contribution is 2.25. The minimum Gasteiger partial charge on any atom is -0.297 e. The van der Waals surface area contributed by atoms with E-state index in [1.54, 1.807) is 6.92 Å². The molecule has 0 atom stereocenters. The lowest BCUT2D eigenvalue weighted by Gasteiger charge is -1.90. The zero-order valence-corrected chi connectivity index (χ0v) is 5.11. The summed E-state index contributed by atoms with van der Waals surface area (Å²) in [6.07, 6.45) is 0.309. The van der Waals surface area contributed by atoms with E-state index in [2.05, 4.69) is 10.2 Å². The van der Waals surface area contributed by atoms with Gasteiger partial charge in [0.05, 0.1) is 10.7 Å². The zero-order chi connectivity index (χ0) is 6.15. The van der Waals surface area contributed by atoms with Crippen LogP contribution in [-0.4, -0.2) is 0 Å². The number of nitrogens with zero attached hydrogens (tertiary/aromatic N) is 2. The largest absolute Gasteiger partial charge is 0.297 e. The Morgan fingerprint density at radius 3 is 2.25 bits per heavy atom. The minimum absolute atomic E-state index is 0.309. The van der Waals surface area contributed by atoms with Gasteiger partial charge in [0.2, 0.25) is 6.17 Å². The third-order valence-corrected chi connectivity index (χ3v) is 1.32. The summed E-state index contributed by atoms with van der Waals surface area (Å²) in [5.41, 5.74) is 5.92. The summed E-state index contributed by atoms with van der Waals surface area (Å²) in [7, 11) is 0. The second-order valence-corrected chi connectivity index (χ2v) is 1.86. The normalized spacial score (nSPS) is 20.9. The van der Waals surface area contributed by atoms with Crippen LogP contribution in [0.3, 0.4) is 0 Å². The summed E-state index contributed by atoms with van der Waals surface area (Å²) in [5.74, 6) is 0. The highest BCUT2D eigenvalue weighted by Gasteiger charge is 2.15. The molecule has 0 unspecified atom stereocenters. The van der Waals surface area contributed by atoms with Crippen molar-refractivity contribution in [3.8, 4) is 0 Å². The summed E-state index contributed by atoms with van der Waals surface area (Å²) in [6, 6.07) is 0. The highest BCUT2D eigenvalue weighted by molar-refractivity contribution is 6.31. The second-order valence-electron chi connectivity index (χ2n) is 1.48. The molecule has 43 valence electrons. The fourth-order valence-electron chi connectivity index (χ4n) is 0.402. The summed E-state index contributed by atoms with van der Waals surface area (Å²) in [5, 5.41) is 7.58. The molecule has 0 amide bonds. The fourth-order valence-corrected chi connectivity index (χ4v) is 0.478. The first kappa shape index (κ1) is 5.72. The molecule has 0 aromatic rings. The quantitative estimate of drug-likeness (QED) is 0.529. The lowest BCUT2D eigenvalue weighted by atomic mass is 10.4. The third-order valence-electron chi connectivity index (χ3n) is 0.850. The molecule has 3 nitrogen and oxygen atoms in total. The SMILES string of the molecule is CC1=C(Cl)[C](N)N=N1. The Bertz CT molecular complexity index is 161. The first-order valence-electron chi connectivity index (χ1n) is 2.12. The van der Waals surface area contributed by atoms with Crippen LogP contribution in [0.25, 0.3) is 0 Å². The van der Waals surface area contributed by atoms with Crippen molar-refractivity contribution >= 4 is 11.6 Å². The Balaban J connectivity index is 2.85. The Labute approximate surface area is 52.2 Å². The number of hydrogen-bond acceptors (Lipinski definition) is 3. The first-order valence-corrected chi connectivity index (χ1v) is 2.50. The molecule has 0 aliphatic carbocycles. The number of allylic oxidation sites excluding steroid dienone is 1. The van der Waals surface area contributed by atoms with Crippen LogP contribution in [0.1, 0.15) is 6.92 Å². The van der Waals surface area contributed by atoms with E-state index in [1.165, 1.54) is 0 Å². The van der Waals surface area contributed by atoms with E-state index in [1.807, 2.05) is 0 Å². The van der Waals surface area contributed by atoms with Gasteiger partial charge in [0.15, 0.2) is 0 Å². The number of hydrogen-bond donors (Lipinski definition) is 1. The Morgan fingerprint density at radius 2 is 2.12 bits per heavy atom. The maximum atomic E-state index is 5.54. The zero-order valence-electron chi connectivity index (χ0n) is 4.35. The Kier molecular flexibility index (Phi) is 1.31. The van der Waals surface area contributed by atoms with E-state index in [-0.39, 0.29) is 0 Å². The van der Waals surface area contributed by atoms with Crippen LogP contribution in [0.5, 0.6) is 0 Å². The van der Waals surface area contributed by atoms with Crippen LogP contribution in [0.2, 0.25) is 0 Å². The summed E-state index contributed by atoms with van der Waals surface area (Å²) in [6.45, 7) is 1.76. The lowest BCUT2D eigenvalue weighted by Crippen LogP contribution is -2.02. The van der Waals surface area contributed by atoms with Crippen molar-refractivity contribution in [2.45, 2.75) is 6.92 Å². The molecule has 1 aliphatic heterocycles. The molecule has 4 heteroatoms. The van der Waals surface area contributed by atoms with E-state index < -0.39 is 0 Å². The first-order chi connectivity index (χ1) is 3.72. The van der Waals surface area contributed by atoms with Crippen molar-refractivity contribution < 1.29 is 0 Å². The molecule has 2 N–H and O–H groups in total. The van der Waals surface area contributed by atoms with Gasteiger partial charge in [-0.15, -0.1) is 0 Å². The number of halogens is 1. The fraction of sp³-hybridized carbons (Fsp3) is 0.250. The molecule has 0 spiro atoms. The topological polar surface area (TPSA) is 50.7 Å². The van der Waals surface area contributed by atoms with Gasteiger partial charge in [-0.3, -0.25) is 5.73 Å². The van der Waals surface area contributed by atoms with Crippen molar-refractivity contribution in [2.75, 3.05) is 0 Å². The summed E-state index contributed by atoms with van der Waals surface area (Å²) >= 11 is 5.54. The third kappa shape index (κ3) is 0.743. The number of azo groups is 1. The molecule has 0 aromatic heterocycles. The average molecular weight is 131 g/mol. The molecule has 1 aliphatic rings. The Morgan fingerprint density at radius 1 is 1.50 bits per heavy atom. The monoisotopic (exact) mass is 130 g/mol. The van der Waals surface area contributed by atoms with Gasteiger partial charge < -0.3 is 0 Å². The standard InChI is InChI=1S/C4H5ClN3/c1-2-3(5)4(6)8-7-2/h6H2,1H3. The van der Waals surface area contributed by atoms with Crippen LogP contribution in [0.4, 0.5) is 0 Å². The van der Waals surface area contributed by atoms with E-state index in [9.17, 15) is 0 Å². The van der Waals surface area contributed by atoms with Crippen LogP contribution in [0.15, 0.2) is 21.0 Å². The highest BCUT2D eigenvalue weighted by atomic mass is 35.5. The molecule has 0 bridgehead atoms. The van der Waals surface area contributed by atoms with Crippen molar-refractivity contribution in [1.82, 2.24) is 0 Å². The van der Waals surface area contributed by atoms with Crippen LogP contribution < -0.4 is 5.73 Å². The number of rotatable bonds is 0. The predicted molar refractivity (Wildman–Crippen MR) is 30.8 cm³/mol. The lowest BCUT2D eigenvalue weighted by molar-refractivity contribution is 1.02. The van der Waals surface area contributed by atoms with Gasteiger partial charge in [0, 0.05) is 0 Å². The van der Waals surface area contributed by atoms with Crippen molar-refractivity contribution in [3.05, 3.63) is 16.9 Å². The van der Waals surface area contributed by atoms with Gasteiger partial charge in [-0.1, -0.05) is 11.6 Å². The van der Waals surface area contributed by atoms with E-state index in [0.29, 0.717) is 16.9 Å². The van der Waals surface area contributed by atoms with Crippen LogP contribution in [-0.2, 0) is 0 Å². The molecule has 1 heterocycles. The van der Waals surface area contributed by atoms with Crippen LogP contribution >= 0.6 is 11.6 Å². The van der Waals surface area contributed by atoms with E-state index >= 15 is 0 Å². The van der Waals surface area contributed by atoms with Gasteiger partial charge in [0.25, 0.3) is 0 Å². The molecule has 8 heavy (non-hydrogen) atoms. The van der Waals surface area contributed by atoms with Gasteiger partial charge in [-0.05, 0) is 6.92 Å². The van der Waals surface area contributed by atoms with Gasteiger partial charge in [-0.2, -0.15) is 10.2 Å². The summed E-state index contributed by atoms with van der Waals surface area (Å²) < 4.78 is 0. The van der Waals surface area contributed by atoms with Crippen molar-refractivity contribution in [3.63, 3.8) is 0 Å². The maximum absolute atomic E-state index is 5.54. The average Bonchev–Trinajstić information content (AvgIpc) is 1.98. The second kappa shape index (κ2) is 1.84. The molecule has 0 saturated heterocycles. The van der Waals surface area contributed by atoms with Crippen LogP contribution in [0, 0.1) is 6.17 Å². The molecular weight excluding hydrogens is 126 g/mol. The maximum Gasteiger partial charge on any atom is 0.213 e. The Hall–Kier alpha value is -0.410. The van der Waals surface area contributed by atoms with Crippen molar-refractivity contribution in [2.24, 2.45) is 16.0 Å². The van der Waals surface area contributed by atoms with Crippen molar-refractivity contribution in [1.29, 1.82) is 0 Å². The molecule has 0 aromatic carbocycles. The predicted octanol–water partition coefficient (Wildman–Crippen LogP) is 1.37. The molecule has 1 radical (unpaired) electrons. The smallest absolute Gasteiger partial charge is 0.213 e. The summed E-state index contributed by atoms with van der Waals surface area (Å²) in [4.78, 5) is 0. The molecular formula is C4H5ClN3. The van der Waals surface area contributed by atoms with E-state index in [0.717, 1.165) is 0 Å². The van der Waals surface area contributed by atoms with Gasteiger partial charge >= 0.3 is 0 Å². The number of nitrogens with two attached hydrogens (primary N) is 1. The van der Waals surface area contributed by atoms with E-state index in [4.69, 9.17) is 17.3 Å². The molecule has 1 rings (SSSR count). The molecule has 0 fully saturated rings. The minimum atomic E-state index is 0.309. The van der Waals surface area contributed by atoms with Gasteiger partial charge in [0.1, 0.15) is 0 Å². The van der Waals surface area contributed by atoms with Gasteiger partial charge in [-0.25, -0.2) is 0 Å².